The van der Waals surface area contributed by atoms with Gasteiger partial charge < -0.3 is 10.4 Å². The Morgan fingerprint density at radius 2 is 2.17 bits per heavy atom. The maximum atomic E-state index is 11.5. The quantitative estimate of drug-likeness (QED) is 0.667. The summed E-state index contributed by atoms with van der Waals surface area (Å²) in [5, 5.41) is 20.9. The molecule has 0 fully saturated rings. The van der Waals surface area contributed by atoms with Gasteiger partial charge in [0.15, 0.2) is 5.69 Å². The first-order valence-corrected chi connectivity index (χ1v) is 5.76. The van der Waals surface area contributed by atoms with Gasteiger partial charge in [-0.1, -0.05) is 13.8 Å². The van der Waals surface area contributed by atoms with E-state index in [4.69, 9.17) is 5.11 Å². The summed E-state index contributed by atoms with van der Waals surface area (Å²) in [4.78, 5) is 22.0. The van der Waals surface area contributed by atoms with Crippen molar-refractivity contribution in [1.29, 1.82) is 0 Å². The van der Waals surface area contributed by atoms with Gasteiger partial charge in [0.25, 0.3) is 5.91 Å². The number of hydrogen-bond acceptors (Lipinski definition) is 4. The second-order valence-electron chi connectivity index (χ2n) is 4.92. The Hall–Kier alpha value is -1.92. The van der Waals surface area contributed by atoms with Gasteiger partial charge >= 0.3 is 5.97 Å². The summed E-state index contributed by atoms with van der Waals surface area (Å²) in [6, 6.07) is 0. The number of carbonyl (C=O) groups is 2. The van der Waals surface area contributed by atoms with E-state index in [-0.39, 0.29) is 23.4 Å². The fourth-order valence-electron chi connectivity index (χ4n) is 1.49. The molecule has 3 N–H and O–H groups in total. The van der Waals surface area contributed by atoms with Crippen molar-refractivity contribution < 1.29 is 14.7 Å². The van der Waals surface area contributed by atoms with E-state index < -0.39 is 5.97 Å². The molecule has 0 saturated heterocycles. The van der Waals surface area contributed by atoms with Crippen LogP contribution in [0.4, 0.5) is 0 Å². The van der Waals surface area contributed by atoms with Crippen LogP contribution < -0.4 is 5.32 Å². The molecule has 0 spiro atoms. The lowest BCUT2D eigenvalue weighted by molar-refractivity contribution is -0.137. The SMILES string of the molecule is CC(C)(CCNC(=O)c1cn[nH]n1)CCC(=O)O. The molecule has 1 aromatic rings. The monoisotopic (exact) mass is 254 g/mol. The van der Waals surface area contributed by atoms with Gasteiger partial charge in [0.1, 0.15) is 0 Å². The number of rotatable bonds is 7. The molecule has 0 atom stereocenters. The fraction of sp³-hybridized carbons (Fsp3) is 0.636. The average Bonchev–Trinajstić information content (AvgIpc) is 2.79. The molecule has 0 unspecified atom stereocenters. The van der Waals surface area contributed by atoms with Crippen molar-refractivity contribution in [3.05, 3.63) is 11.9 Å². The Balaban J connectivity index is 2.28. The zero-order chi connectivity index (χ0) is 13.6. The van der Waals surface area contributed by atoms with Crippen LogP contribution in [0.15, 0.2) is 6.20 Å². The number of carboxylic acid groups (broad SMARTS) is 1. The van der Waals surface area contributed by atoms with Crippen molar-refractivity contribution >= 4 is 11.9 Å². The first kappa shape index (κ1) is 14.1. The number of H-pyrrole nitrogens is 1. The third-order valence-electron chi connectivity index (χ3n) is 2.75. The number of aromatic amines is 1. The molecule has 7 heteroatoms. The zero-order valence-corrected chi connectivity index (χ0v) is 10.6. The van der Waals surface area contributed by atoms with E-state index >= 15 is 0 Å². The van der Waals surface area contributed by atoms with Crippen molar-refractivity contribution in [2.75, 3.05) is 6.54 Å². The maximum absolute atomic E-state index is 11.5. The Labute approximate surface area is 105 Å². The second-order valence-corrected chi connectivity index (χ2v) is 4.92. The molecular formula is C11H18N4O3. The summed E-state index contributed by atoms with van der Waals surface area (Å²) in [5.41, 5.74) is 0.133. The largest absolute Gasteiger partial charge is 0.481 e. The highest BCUT2D eigenvalue weighted by Gasteiger charge is 2.19. The molecule has 0 radical (unpaired) electrons. The van der Waals surface area contributed by atoms with E-state index in [9.17, 15) is 9.59 Å². The highest BCUT2D eigenvalue weighted by Crippen LogP contribution is 2.25. The summed E-state index contributed by atoms with van der Waals surface area (Å²) in [5.74, 6) is -1.08. The van der Waals surface area contributed by atoms with Crippen molar-refractivity contribution in [1.82, 2.24) is 20.7 Å². The van der Waals surface area contributed by atoms with Crippen molar-refractivity contribution in [2.45, 2.75) is 33.1 Å². The van der Waals surface area contributed by atoms with Crippen LogP contribution in [0.5, 0.6) is 0 Å². The molecule has 0 bridgehead atoms. The normalized spacial score (nSPS) is 11.2. The van der Waals surface area contributed by atoms with Gasteiger partial charge in [-0.05, 0) is 18.3 Å². The number of aliphatic carboxylic acids is 1. The number of nitrogens with zero attached hydrogens (tertiary/aromatic N) is 2. The third kappa shape index (κ3) is 4.94. The van der Waals surface area contributed by atoms with Gasteiger partial charge in [0.2, 0.25) is 0 Å². The minimum atomic E-state index is -0.797. The molecule has 1 heterocycles. The first-order chi connectivity index (χ1) is 8.41. The van der Waals surface area contributed by atoms with E-state index in [1.165, 1.54) is 6.20 Å². The van der Waals surface area contributed by atoms with Gasteiger partial charge in [-0.25, -0.2) is 0 Å². The molecule has 0 aliphatic rings. The molecule has 0 saturated carbocycles. The van der Waals surface area contributed by atoms with E-state index in [0.29, 0.717) is 19.4 Å². The summed E-state index contributed by atoms with van der Waals surface area (Å²) in [6.45, 7) is 4.45. The number of carbonyl (C=O) groups excluding carboxylic acids is 1. The van der Waals surface area contributed by atoms with Crippen molar-refractivity contribution in [3.63, 3.8) is 0 Å². The Morgan fingerprint density at radius 3 is 2.72 bits per heavy atom. The van der Waals surface area contributed by atoms with Crippen LogP contribution in [0, 0.1) is 5.41 Å². The summed E-state index contributed by atoms with van der Waals surface area (Å²) >= 11 is 0. The molecule has 1 aromatic heterocycles. The van der Waals surface area contributed by atoms with Gasteiger partial charge in [-0.2, -0.15) is 15.4 Å². The Bertz CT molecular complexity index is 400. The van der Waals surface area contributed by atoms with E-state index in [1.54, 1.807) is 0 Å². The first-order valence-electron chi connectivity index (χ1n) is 5.76. The Morgan fingerprint density at radius 1 is 1.44 bits per heavy atom. The van der Waals surface area contributed by atoms with E-state index in [0.717, 1.165) is 0 Å². The molecule has 0 aliphatic carbocycles. The lowest BCUT2D eigenvalue weighted by atomic mass is 9.84. The molecule has 7 nitrogen and oxygen atoms in total. The van der Waals surface area contributed by atoms with Crippen molar-refractivity contribution in [2.24, 2.45) is 5.41 Å². The van der Waals surface area contributed by atoms with Gasteiger partial charge in [0.05, 0.1) is 6.20 Å². The smallest absolute Gasteiger partial charge is 0.303 e. The van der Waals surface area contributed by atoms with E-state index in [2.05, 4.69) is 20.7 Å². The minimum absolute atomic E-state index is 0.116. The van der Waals surface area contributed by atoms with Gasteiger partial charge in [-0.15, -0.1) is 0 Å². The average molecular weight is 254 g/mol. The van der Waals surface area contributed by atoms with Gasteiger partial charge in [0, 0.05) is 13.0 Å². The standard InChI is InChI=1S/C11H18N4O3/c1-11(2,4-3-9(16)17)5-6-12-10(18)8-7-13-15-14-8/h7H,3-6H2,1-2H3,(H,12,18)(H,16,17)(H,13,14,15). The number of nitrogens with one attached hydrogen (secondary N) is 2. The number of amides is 1. The summed E-state index contributed by atoms with van der Waals surface area (Å²) in [6.07, 6.45) is 2.79. The number of hydrogen-bond donors (Lipinski definition) is 3. The Kier molecular flexibility index (Phi) is 4.82. The second kappa shape index (κ2) is 6.13. The predicted molar refractivity (Wildman–Crippen MR) is 64.0 cm³/mol. The van der Waals surface area contributed by atoms with Crippen LogP contribution in [-0.4, -0.2) is 38.9 Å². The van der Waals surface area contributed by atoms with Crippen molar-refractivity contribution in [3.8, 4) is 0 Å². The third-order valence-corrected chi connectivity index (χ3v) is 2.75. The van der Waals surface area contributed by atoms with E-state index in [1.807, 2.05) is 13.8 Å². The van der Waals surface area contributed by atoms with Crippen LogP contribution in [0.25, 0.3) is 0 Å². The lowest BCUT2D eigenvalue weighted by Gasteiger charge is -2.23. The highest BCUT2D eigenvalue weighted by molar-refractivity contribution is 5.91. The topological polar surface area (TPSA) is 108 Å². The molecule has 100 valence electrons. The number of aromatic nitrogens is 3. The highest BCUT2D eigenvalue weighted by atomic mass is 16.4. The molecule has 0 aromatic carbocycles. The van der Waals surface area contributed by atoms with Crippen LogP contribution in [0.2, 0.25) is 0 Å². The fourth-order valence-corrected chi connectivity index (χ4v) is 1.49. The van der Waals surface area contributed by atoms with Gasteiger partial charge in [-0.3, -0.25) is 9.59 Å². The predicted octanol–water partition coefficient (Wildman–Crippen LogP) is 0.816. The molecule has 1 amide bonds. The zero-order valence-electron chi connectivity index (χ0n) is 10.6. The molecule has 1 rings (SSSR count). The minimum Gasteiger partial charge on any atom is -0.481 e. The summed E-state index contributed by atoms with van der Waals surface area (Å²) < 4.78 is 0. The molecule has 0 aliphatic heterocycles. The lowest BCUT2D eigenvalue weighted by Crippen LogP contribution is -2.28. The molecular weight excluding hydrogens is 236 g/mol. The summed E-state index contributed by atoms with van der Waals surface area (Å²) in [7, 11) is 0. The van der Waals surface area contributed by atoms with Crippen LogP contribution in [0.3, 0.4) is 0 Å². The number of carboxylic acids is 1. The van der Waals surface area contributed by atoms with Crippen LogP contribution in [0.1, 0.15) is 43.6 Å². The van der Waals surface area contributed by atoms with Crippen LogP contribution >= 0.6 is 0 Å². The molecule has 18 heavy (non-hydrogen) atoms. The van der Waals surface area contributed by atoms with Crippen LogP contribution in [-0.2, 0) is 4.79 Å². The maximum Gasteiger partial charge on any atom is 0.303 e.